The minimum atomic E-state index is -0.603. The zero-order valence-corrected chi connectivity index (χ0v) is 12.2. The van der Waals surface area contributed by atoms with Crippen molar-refractivity contribution in [3.8, 4) is 0 Å². The average Bonchev–Trinajstić information content (AvgIpc) is 3.03. The first-order valence-corrected chi connectivity index (χ1v) is 7.06. The molecule has 0 bridgehead atoms. The third-order valence-electron chi connectivity index (χ3n) is 3.97. The highest BCUT2D eigenvalue weighted by molar-refractivity contribution is 5.95. The highest BCUT2D eigenvalue weighted by Gasteiger charge is 2.47. The normalized spacial score (nSPS) is 31.0. The number of rotatable bonds is 3. The van der Waals surface area contributed by atoms with Crippen molar-refractivity contribution >= 4 is 11.6 Å². The van der Waals surface area contributed by atoms with Gasteiger partial charge in [0.1, 0.15) is 18.3 Å². The maximum Gasteiger partial charge on any atom is 0.251 e. The minimum absolute atomic E-state index is 0.155. The Balaban J connectivity index is 1.68. The van der Waals surface area contributed by atoms with Gasteiger partial charge in [-0.2, -0.15) is 0 Å². The Morgan fingerprint density at radius 1 is 1.29 bits per heavy atom. The lowest BCUT2D eigenvalue weighted by Crippen LogP contribution is -2.44. The number of hydrogen-bond donors (Lipinski definition) is 2. The van der Waals surface area contributed by atoms with Crippen molar-refractivity contribution in [3.63, 3.8) is 0 Å². The van der Waals surface area contributed by atoms with E-state index in [1.54, 1.807) is 6.07 Å². The molecule has 2 heterocycles. The number of hydrogen-bond acceptors (Lipinski definition) is 5. The molecule has 0 aromatic heterocycles. The van der Waals surface area contributed by atoms with Crippen LogP contribution >= 0.6 is 0 Å². The second kappa shape index (κ2) is 5.63. The third-order valence-corrected chi connectivity index (χ3v) is 3.97. The summed E-state index contributed by atoms with van der Waals surface area (Å²) in [4.78, 5) is 14.3. The van der Waals surface area contributed by atoms with Crippen molar-refractivity contribution in [2.45, 2.75) is 24.4 Å². The van der Waals surface area contributed by atoms with Gasteiger partial charge in [0.25, 0.3) is 5.91 Å². The van der Waals surface area contributed by atoms with E-state index in [0.29, 0.717) is 12.2 Å². The number of nitrogens with zero attached hydrogens (tertiary/aromatic N) is 1. The summed E-state index contributed by atoms with van der Waals surface area (Å²) in [5.41, 5.74) is 1.57. The molecule has 3 rings (SSSR count). The molecule has 2 fully saturated rings. The Kier molecular flexibility index (Phi) is 3.84. The molecule has 6 heteroatoms. The lowest BCUT2D eigenvalue weighted by Gasteiger charge is -2.18. The van der Waals surface area contributed by atoms with Crippen LogP contribution in [0.25, 0.3) is 0 Å². The molecule has 2 saturated heterocycles. The highest BCUT2D eigenvalue weighted by atomic mass is 16.6. The lowest BCUT2D eigenvalue weighted by atomic mass is 10.1. The van der Waals surface area contributed by atoms with Crippen molar-refractivity contribution < 1.29 is 19.4 Å². The predicted octanol–water partition coefficient (Wildman–Crippen LogP) is 0.00950. The Morgan fingerprint density at radius 2 is 2.05 bits per heavy atom. The van der Waals surface area contributed by atoms with Crippen LogP contribution in [0, 0.1) is 0 Å². The topological polar surface area (TPSA) is 71.0 Å². The number of anilines is 1. The quantitative estimate of drug-likeness (QED) is 0.821. The largest absolute Gasteiger partial charge is 0.388 e. The summed E-state index contributed by atoms with van der Waals surface area (Å²) in [5, 5.41) is 12.6. The third kappa shape index (κ3) is 2.74. The van der Waals surface area contributed by atoms with Gasteiger partial charge in [-0.15, -0.1) is 0 Å². The molecule has 1 aromatic rings. The van der Waals surface area contributed by atoms with Crippen molar-refractivity contribution in [2.75, 3.05) is 32.2 Å². The van der Waals surface area contributed by atoms with E-state index in [4.69, 9.17) is 9.47 Å². The minimum Gasteiger partial charge on any atom is -0.388 e. The second-order valence-corrected chi connectivity index (χ2v) is 5.69. The number of nitrogens with one attached hydrogen (secondary N) is 1. The van der Waals surface area contributed by atoms with Gasteiger partial charge < -0.3 is 24.8 Å². The summed E-state index contributed by atoms with van der Waals surface area (Å²) in [6.07, 6.45) is -1.20. The van der Waals surface area contributed by atoms with Crippen LogP contribution in [0.3, 0.4) is 0 Å². The molecule has 21 heavy (non-hydrogen) atoms. The summed E-state index contributed by atoms with van der Waals surface area (Å²) < 4.78 is 11.0. The van der Waals surface area contributed by atoms with Crippen LogP contribution in [0.2, 0.25) is 0 Å². The highest BCUT2D eigenvalue weighted by Crippen LogP contribution is 2.27. The van der Waals surface area contributed by atoms with E-state index in [2.05, 4.69) is 5.32 Å². The van der Waals surface area contributed by atoms with E-state index in [1.807, 2.05) is 37.2 Å². The summed E-state index contributed by atoms with van der Waals surface area (Å²) in [5.74, 6) is -0.155. The summed E-state index contributed by atoms with van der Waals surface area (Å²) in [6, 6.07) is 7.20. The number of aliphatic hydroxyl groups excluding tert-OH is 1. The number of fused-ring (bicyclic) bond motifs is 1. The second-order valence-electron chi connectivity index (χ2n) is 5.69. The fourth-order valence-electron chi connectivity index (χ4n) is 2.78. The fourth-order valence-corrected chi connectivity index (χ4v) is 2.78. The zero-order valence-electron chi connectivity index (χ0n) is 12.2. The molecule has 4 atom stereocenters. The van der Waals surface area contributed by atoms with E-state index < -0.39 is 6.10 Å². The standard InChI is InChI=1S/C15H20N2O4/c1-17(2)10-5-3-4-9(6-10)15(19)16-11-7-20-14-12(18)8-21-13(11)14/h3-6,11-14,18H,7-8H2,1-2H3,(H,16,19)/t11-,12-,13-,14-/m1/s1. The molecule has 2 aliphatic heterocycles. The molecular weight excluding hydrogens is 272 g/mol. The average molecular weight is 292 g/mol. The van der Waals surface area contributed by atoms with E-state index in [0.717, 1.165) is 5.69 Å². The van der Waals surface area contributed by atoms with Crippen molar-refractivity contribution in [1.29, 1.82) is 0 Å². The monoisotopic (exact) mass is 292 g/mol. The van der Waals surface area contributed by atoms with Crippen LogP contribution in [-0.4, -0.2) is 62.7 Å². The first-order chi connectivity index (χ1) is 10.1. The van der Waals surface area contributed by atoms with E-state index in [1.165, 1.54) is 0 Å². The van der Waals surface area contributed by atoms with Crippen LogP contribution in [-0.2, 0) is 9.47 Å². The van der Waals surface area contributed by atoms with Crippen LogP contribution in [0.4, 0.5) is 5.69 Å². The van der Waals surface area contributed by atoms with Crippen LogP contribution in [0.15, 0.2) is 24.3 Å². The lowest BCUT2D eigenvalue weighted by molar-refractivity contribution is 0.0178. The molecule has 6 nitrogen and oxygen atoms in total. The molecule has 2 aliphatic rings. The maximum absolute atomic E-state index is 12.3. The summed E-state index contributed by atoms with van der Waals surface area (Å²) in [6.45, 7) is 0.628. The SMILES string of the molecule is CN(C)c1cccc(C(=O)N[C@@H]2CO[C@H]3[C@@H]2OC[C@H]3O)c1. The number of carbonyl (C=O) groups is 1. The van der Waals surface area contributed by atoms with Gasteiger partial charge in [-0.1, -0.05) is 6.07 Å². The Bertz CT molecular complexity index is 534. The fraction of sp³-hybridized carbons (Fsp3) is 0.533. The summed E-state index contributed by atoms with van der Waals surface area (Å²) in [7, 11) is 3.86. The molecule has 114 valence electrons. The van der Waals surface area contributed by atoms with Crippen molar-refractivity contribution in [1.82, 2.24) is 5.32 Å². The van der Waals surface area contributed by atoms with Gasteiger partial charge in [0.15, 0.2) is 0 Å². The van der Waals surface area contributed by atoms with Crippen molar-refractivity contribution in [3.05, 3.63) is 29.8 Å². The van der Waals surface area contributed by atoms with Gasteiger partial charge >= 0.3 is 0 Å². The molecule has 1 amide bonds. The van der Waals surface area contributed by atoms with Gasteiger partial charge in [-0.05, 0) is 18.2 Å². The molecule has 0 saturated carbocycles. The molecule has 0 spiro atoms. The van der Waals surface area contributed by atoms with Gasteiger partial charge in [-0.25, -0.2) is 0 Å². The molecule has 0 radical (unpaired) electrons. The number of benzene rings is 1. The first kappa shape index (κ1) is 14.3. The Labute approximate surface area is 123 Å². The Morgan fingerprint density at radius 3 is 2.81 bits per heavy atom. The number of ether oxygens (including phenoxy) is 2. The van der Waals surface area contributed by atoms with Gasteiger partial charge in [-0.3, -0.25) is 4.79 Å². The van der Waals surface area contributed by atoms with E-state index in [9.17, 15) is 9.90 Å². The molecule has 0 unspecified atom stereocenters. The number of amides is 1. The molecule has 2 N–H and O–H groups in total. The van der Waals surface area contributed by atoms with Crippen LogP contribution in [0.5, 0.6) is 0 Å². The van der Waals surface area contributed by atoms with Crippen LogP contribution < -0.4 is 10.2 Å². The molecular formula is C15H20N2O4. The molecule has 1 aromatic carbocycles. The van der Waals surface area contributed by atoms with E-state index >= 15 is 0 Å². The van der Waals surface area contributed by atoms with E-state index in [-0.39, 0.29) is 30.8 Å². The maximum atomic E-state index is 12.3. The van der Waals surface area contributed by atoms with Crippen LogP contribution in [0.1, 0.15) is 10.4 Å². The smallest absolute Gasteiger partial charge is 0.251 e. The Hall–Kier alpha value is -1.63. The number of aliphatic hydroxyl groups is 1. The summed E-state index contributed by atoms with van der Waals surface area (Å²) >= 11 is 0. The zero-order chi connectivity index (χ0) is 15.0. The van der Waals surface area contributed by atoms with Gasteiger partial charge in [0.2, 0.25) is 0 Å². The molecule has 0 aliphatic carbocycles. The predicted molar refractivity (Wildman–Crippen MR) is 77.5 cm³/mol. The first-order valence-electron chi connectivity index (χ1n) is 7.06. The number of carbonyl (C=O) groups excluding carboxylic acids is 1. The van der Waals surface area contributed by atoms with Gasteiger partial charge in [0.05, 0.1) is 19.3 Å². The van der Waals surface area contributed by atoms with Gasteiger partial charge in [0, 0.05) is 25.3 Å². The van der Waals surface area contributed by atoms with Crippen molar-refractivity contribution in [2.24, 2.45) is 0 Å².